The van der Waals surface area contributed by atoms with Crippen LogP contribution in [0.4, 0.5) is 4.39 Å². The Morgan fingerprint density at radius 1 is 1.00 bits per heavy atom. The minimum atomic E-state index is -1.65. The molecule has 0 bridgehead atoms. The van der Waals surface area contributed by atoms with E-state index in [1.54, 1.807) is 0 Å². The molecule has 1 rings (SSSR count). The lowest BCUT2D eigenvalue weighted by molar-refractivity contribution is -0.283. The van der Waals surface area contributed by atoms with E-state index in [0.717, 1.165) is 0 Å². The highest BCUT2D eigenvalue weighted by Crippen LogP contribution is 2.19. The summed E-state index contributed by atoms with van der Waals surface area (Å²) in [5.41, 5.74) is 0. The molecule has 0 amide bonds. The Kier molecular flexibility index (Phi) is 2.97. The second-order valence-corrected chi connectivity index (χ2v) is 2.69. The van der Waals surface area contributed by atoms with Crippen molar-refractivity contribution in [2.45, 2.75) is 30.7 Å². The van der Waals surface area contributed by atoms with Crippen LogP contribution in [0.3, 0.4) is 0 Å². The molecule has 5 atom stereocenters. The molecular weight excluding hydrogens is 170 g/mol. The van der Waals surface area contributed by atoms with E-state index in [-0.39, 0.29) is 0 Å². The van der Waals surface area contributed by atoms with E-state index in [9.17, 15) is 4.39 Å². The molecule has 0 aromatic rings. The molecule has 1 fully saturated rings. The molecule has 4 N–H and O–H groups in total. The molecule has 72 valence electrons. The van der Waals surface area contributed by atoms with Crippen LogP contribution in [0.25, 0.3) is 0 Å². The predicted octanol–water partition coefficient (Wildman–Crippen LogP) is -2.24. The zero-order chi connectivity index (χ0) is 9.30. The third-order valence-corrected chi connectivity index (χ3v) is 1.84. The van der Waals surface area contributed by atoms with Gasteiger partial charge in [0.15, 0.2) is 6.29 Å². The number of hydrogen-bond acceptors (Lipinski definition) is 5. The Morgan fingerprint density at radius 3 is 2.08 bits per heavy atom. The topological polar surface area (TPSA) is 90.2 Å². The largest absolute Gasteiger partial charge is 0.387 e. The van der Waals surface area contributed by atoms with Gasteiger partial charge in [0, 0.05) is 0 Å². The molecule has 1 aliphatic heterocycles. The van der Waals surface area contributed by atoms with Crippen molar-refractivity contribution in [3.63, 3.8) is 0 Å². The molecule has 0 saturated carbocycles. The molecular formula is C6H11FO5. The standard InChI is InChI=1S/C6H11FO5/c7-1-2-3(8)4(9)5(10)6(11)12-2/h2-6,8-11H,1H2/t2-,3-,4+,5-,6-/m1/s1/i7-1. The van der Waals surface area contributed by atoms with Gasteiger partial charge in [-0.3, -0.25) is 0 Å². The van der Waals surface area contributed by atoms with Gasteiger partial charge in [0.25, 0.3) is 0 Å². The van der Waals surface area contributed by atoms with E-state index in [1.165, 1.54) is 0 Å². The molecule has 0 unspecified atom stereocenters. The van der Waals surface area contributed by atoms with Crippen molar-refractivity contribution in [3.05, 3.63) is 0 Å². The van der Waals surface area contributed by atoms with Gasteiger partial charge in [0.05, 0.1) is 0 Å². The van der Waals surface area contributed by atoms with Gasteiger partial charge >= 0.3 is 0 Å². The van der Waals surface area contributed by atoms with Crippen LogP contribution in [-0.2, 0) is 4.74 Å². The maximum Gasteiger partial charge on any atom is 0.184 e. The first-order chi connectivity index (χ1) is 5.57. The molecule has 5 nitrogen and oxygen atoms in total. The highest BCUT2D eigenvalue weighted by Gasteiger charge is 2.42. The second kappa shape index (κ2) is 3.63. The lowest BCUT2D eigenvalue weighted by Crippen LogP contribution is -2.58. The third kappa shape index (κ3) is 1.57. The van der Waals surface area contributed by atoms with Crippen LogP contribution in [0.2, 0.25) is 0 Å². The number of hydrogen-bond donors (Lipinski definition) is 4. The molecule has 1 aliphatic rings. The lowest BCUT2D eigenvalue weighted by atomic mass is 10.00. The van der Waals surface area contributed by atoms with E-state index < -0.39 is 37.4 Å². The maximum atomic E-state index is 12.0. The van der Waals surface area contributed by atoms with Crippen molar-refractivity contribution in [3.8, 4) is 0 Å². The number of halogens is 1. The van der Waals surface area contributed by atoms with Crippen LogP contribution in [0.1, 0.15) is 0 Å². The van der Waals surface area contributed by atoms with E-state index >= 15 is 0 Å². The average molecular weight is 181 g/mol. The first-order valence-electron chi connectivity index (χ1n) is 3.51. The zero-order valence-corrected chi connectivity index (χ0v) is 6.17. The summed E-state index contributed by atoms with van der Waals surface area (Å²) in [6.45, 7) is -1.03. The van der Waals surface area contributed by atoms with Crippen molar-refractivity contribution in [2.75, 3.05) is 6.67 Å². The smallest absolute Gasteiger partial charge is 0.184 e. The number of rotatable bonds is 1. The fourth-order valence-electron chi connectivity index (χ4n) is 1.06. The Balaban J connectivity index is 2.63. The average Bonchev–Trinajstić information content (AvgIpc) is 2.08. The molecule has 12 heavy (non-hydrogen) atoms. The third-order valence-electron chi connectivity index (χ3n) is 1.84. The molecule has 6 heteroatoms. The molecule has 1 saturated heterocycles. The van der Waals surface area contributed by atoms with Gasteiger partial charge in [-0.25, -0.2) is 4.39 Å². The quantitative estimate of drug-likeness (QED) is 0.367. The van der Waals surface area contributed by atoms with Crippen LogP contribution < -0.4 is 0 Å². The molecule has 0 aromatic heterocycles. The normalized spacial score (nSPS) is 49.2. The Morgan fingerprint density at radius 2 is 1.58 bits per heavy atom. The van der Waals surface area contributed by atoms with E-state index in [0.29, 0.717) is 0 Å². The summed E-state index contributed by atoms with van der Waals surface area (Å²) >= 11 is 0. The van der Waals surface area contributed by atoms with Crippen molar-refractivity contribution >= 4 is 0 Å². The van der Waals surface area contributed by atoms with Gasteiger partial charge in [0.1, 0.15) is 31.1 Å². The summed E-state index contributed by atoms with van der Waals surface area (Å²) in [6.07, 6.45) is -7.60. The van der Waals surface area contributed by atoms with Crippen LogP contribution in [0.15, 0.2) is 0 Å². The minimum Gasteiger partial charge on any atom is -0.387 e. The van der Waals surface area contributed by atoms with Gasteiger partial charge in [-0.1, -0.05) is 0 Å². The van der Waals surface area contributed by atoms with Gasteiger partial charge in [-0.2, -0.15) is 0 Å². The summed E-state index contributed by atoms with van der Waals surface area (Å²) in [6, 6.07) is 0. The van der Waals surface area contributed by atoms with Crippen LogP contribution in [0.5, 0.6) is 0 Å². The SMILES string of the molecule is O[C@@H]1[C@@H](O)[C@H](O)O[C@H](C[18F])[C@H]1O. The summed E-state index contributed by atoms with van der Waals surface area (Å²) in [5.74, 6) is 0. The predicted molar refractivity (Wildman–Crippen MR) is 34.9 cm³/mol. The maximum absolute atomic E-state index is 12.0. The summed E-state index contributed by atoms with van der Waals surface area (Å²) in [5, 5.41) is 35.8. The number of alkyl halides is 1. The van der Waals surface area contributed by atoms with Crippen LogP contribution >= 0.6 is 0 Å². The number of aliphatic hydroxyl groups is 4. The monoisotopic (exact) mass is 181 g/mol. The Bertz CT molecular complexity index is 150. The van der Waals surface area contributed by atoms with Gasteiger partial charge in [-0.15, -0.1) is 0 Å². The molecule has 0 aromatic carbocycles. The second-order valence-electron chi connectivity index (χ2n) is 2.69. The summed E-state index contributed by atoms with van der Waals surface area (Å²) in [7, 11) is 0. The summed E-state index contributed by atoms with van der Waals surface area (Å²) < 4.78 is 16.5. The van der Waals surface area contributed by atoms with Crippen molar-refractivity contribution in [2.24, 2.45) is 0 Å². The number of aliphatic hydroxyl groups excluding tert-OH is 4. The van der Waals surface area contributed by atoms with Crippen molar-refractivity contribution in [1.82, 2.24) is 0 Å². The molecule has 0 aliphatic carbocycles. The van der Waals surface area contributed by atoms with Crippen molar-refractivity contribution in [1.29, 1.82) is 0 Å². The molecule has 0 spiro atoms. The highest BCUT2D eigenvalue weighted by atomic mass is 18.2. The van der Waals surface area contributed by atoms with Crippen molar-refractivity contribution < 1.29 is 29.6 Å². The highest BCUT2D eigenvalue weighted by molar-refractivity contribution is 4.88. The Hall–Kier alpha value is -0.270. The van der Waals surface area contributed by atoms with Crippen LogP contribution in [-0.4, -0.2) is 57.8 Å². The Labute approximate surface area is 68.0 Å². The van der Waals surface area contributed by atoms with E-state index in [4.69, 9.17) is 20.4 Å². The van der Waals surface area contributed by atoms with Gasteiger partial charge in [-0.05, 0) is 0 Å². The zero-order valence-electron chi connectivity index (χ0n) is 6.17. The minimum absolute atomic E-state index is 1.03. The first kappa shape index (κ1) is 9.82. The van der Waals surface area contributed by atoms with E-state index in [1.807, 2.05) is 0 Å². The summed E-state index contributed by atoms with van der Waals surface area (Å²) in [4.78, 5) is 0. The molecule has 0 radical (unpaired) electrons. The first-order valence-corrected chi connectivity index (χ1v) is 3.51. The van der Waals surface area contributed by atoms with Gasteiger partial charge in [0.2, 0.25) is 0 Å². The van der Waals surface area contributed by atoms with Crippen LogP contribution in [0, 0.1) is 0 Å². The number of ether oxygens (including phenoxy) is 1. The fourth-order valence-corrected chi connectivity index (χ4v) is 1.06. The van der Waals surface area contributed by atoms with E-state index in [2.05, 4.69) is 4.74 Å². The fraction of sp³-hybridized carbons (Fsp3) is 1.00. The van der Waals surface area contributed by atoms with Gasteiger partial charge < -0.3 is 25.2 Å². The molecule has 1 heterocycles. The lowest BCUT2D eigenvalue weighted by Gasteiger charge is -2.37.